The van der Waals surface area contributed by atoms with Crippen molar-refractivity contribution < 1.29 is 31.9 Å². The third kappa shape index (κ3) is 3.72. The Bertz CT molecular complexity index is 1030. The van der Waals surface area contributed by atoms with Gasteiger partial charge in [0.1, 0.15) is 4.90 Å². The number of carbonyl (C=O) groups excluding carboxylic acids is 2. The lowest BCUT2D eigenvalue weighted by Gasteiger charge is -2.07. The molecule has 0 radical (unpaired) electrons. The van der Waals surface area contributed by atoms with Crippen LogP contribution in [0.2, 0.25) is 0 Å². The third-order valence-electron chi connectivity index (χ3n) is 3.39. The van der Waals surface area contributed by atoms with Crippen molar-refractivity contribution in [3.8, 4) is 6.01 Å². The smallest absolute Gasteiger partial charge is 0.375 e. The van der Waals surface area contributed by atoms with E-state index in [2.05, 4.69) is 5.10 Å². The first-order valence-corrected chi connectivity index (χ1v) is 9.22. The summed E-state index contributed by atoms with van der Waals surface area (Å²) in [5.74, 6) is -1.59. The van der Waals surface area contributed by atoms with Crippen LogP contribution in [-0.2, 0) is 21.3 Å². The first kappa shape index (κ1) is 20.2. The van der Waals surface area contributed by atoms with Crippen molar-refractivity contribution in [3.63, 3.8) is 0 Å². The van der Waals surface area contributed by atoms with E-state index in [4.69, 9.17) is 13.9 Å². The highest BCUT2D eigenvalue weighted by molar-refractivity contribution is 7.90. The van der Waals surface area contributed by atoms with Crippen molar-refractivity contribution in [1.29, 1.82) is 0 Å². The van der Waals surface area contributed by atoms with Crippen LogP contribution in [0.25, 0.3) is 0 Å². The van der Waals surface area contributed by atoms with E-state index in [1.807, 2.05) is 0 Å². The molecule has 2 aromatic rings. The number of aryl methyl sites for hydroxylation is 1. The van der Waals surface area contributed by atoms with Crippen molar-refractivity contribution in [2.45, 2.75) is 32.2 Å². The highest BCUT2D eigenvalue weighted by Crippen LogP contribution is 2.23. The zero-order valence-corrected chi connectivity index (χ0v) is 15.8. The molecule has 0 bridgehead atoms. The van der Waals surface area contributed by atoms with Crippen molar-refractivity contribution in [2.24, 2.45) is 0 Å². The van der Waals surface area contributed by atoms with Crippen LogP contribution in [0.4, 0.5) is 4.79 Å². The molecule has 1 N–H and O–H groups in total. The molecule has 13 heteroatoms. The van der Waals surface area contributed by atoms with Crippen LogP contribution >= 0.6 is 0 Å². The van der Waals surface area contributed by atoms with E-state index in [9.17, 15) is 22.8 Å². The minimum Gasteiger partial charge on any atom is -0.467 e. The summed E-state index contributed by atoms with van der Waals surface area (Å²) in [5, 5.41) is 3.63. The molecule has 0 atom stereocenters. The van der Waals surface area contributed by atoms with E-state index in [0.29, 0.717) is 4.68 Å². The number of sulfonamides is 1. The first-order valence-electron chi connectivity index (χ1n) is 7.74. The summed E-state index contributed by atoms with van der Waals surface area (Å²) in [7, 11) is -3.32. The predicted molar refractivity (Wildman–Crippen MR) is 89.2 cm³/mol. The molecule has 0 unspecified atom stereocenters. The van der Waals surface area contributed by atoms with Gasteiger partial charge in [-0.15, -0.1) is 9.78 Å². The molecule has 27 heavy (non-hydrogen) atoms. The van der Waals surface area contributed by atoms with E-state index < -0.39 is 38.4 Å². The first-order chi connectivity index (χ1) is 12.7. The number of aromatic nitrogens is 3. The summed E-state index contributed by atoms with van der Waals surface area (Å²) in [6.07, 6.45) is 1.03. The third-order valence-corrected chi connectivity index (χ3v) is 4.88. The topological polar surface area (TPSA) is 152 Å². The number of ether oxygens (including phenoxy) is 2. The molecule has 0 aromatic carbocycles. The van der Waals surface area contributed by atoms with Gasteiger partial charge in [0.15, 0.2) is 0 Å². The van der Waals surface area contributed by atoms with Crippen molar-refractivity contribution in [1.82, 2.24) is 19.1 Å². The highest BCUT2D eigenvalue weighted by atomic mass is 32.2. The molecule has 0 aliphatic carbocycles. The molecule has 2 heterocycles. The molecule has 0 fully saturated rings. The van der Waals surface area contributed by atoms with Crippen LogP contribution in [0, 0.1) is 6.92 Å². The SMILES string of the molecule is CCOC(=O)c1occ(C)c1S(=O)(=O)NC(=O)n1nc(OC)n(CC)c1=O. The number of rotatable bonds is 6. The van der Waals surface area contributed by atoms with Gasteiger partial charge in [-0.3, -0.25) is 0 Å². The molecule has 148 valence electrons. The normalized spacial score (nSPS) is 11.3. The van der Waals surface area contributed by atoms with Crippen LogP contribution in [0.3, 0.4) is 0 Å². The molecule has 12 nitrogen and oxygen atoms in total. The second kappa shape index (κ2) is 7.65. The molecule has 0 saturated heterocycles. The number of methoxy groups -OCH3 is 1. The van der Waals surface area contributed by atoms with E-state index in [1.165, 1.54) is 21.0 Å². The lowest BCUT2D eigenvalue weighted by Crippen LogP contribution is -2.41. The van der Waals surface area contributed by atoms with Crippen LogP contribution in [0.15, 0.2) is 20.4 Å². The van der Waals surface area contributed by atoms with Gasteiger partial charge in [0.2, 0.25) is 5.76 Å². The summed E-state index contributed by atoms with van der Waals surface area (Å²) in [4.78, 5) is 35.8. The fourth-order valence-corrected chi connectivity index (χ4v) is 3.51. The number of hydrogen-bond acceptors (Lipinski definition) is 9. The van der Waals surface area contributed by atoms with E-state index in [1.54, 1.807) is 11.6 Å². The average Bonchev–Trinajstić information content (AvgIpc) is 3.14. The molecule has 0 spiro atoms. The minimum absolute atomic E-state index is 0.00588. The Hall–Kier alpha value is -3.09. The van der Waals surface area contributed by atoms with Crippen LogP contribution in [-0.4, -0.2) is 48.5 Å². The molecular formula is C14H18N4O8S. The predicted octanol–water partition coefficient (Wildman–Crippen LogP) is 0.0980. The van der Waals surface area contributed by atoms with Gasteiger partial charge in [-0.25, -0.2) is 32.1 Å². The van der Waals surface area contributed by atoms with Gasteiger partial charge in [0, 0.05) is 12.1 Å². The zero-order valence-electron chi connectivity index (χ0n) is 15.0. The quantitative estimate of drug-likeness (QED) is 0.663. The number of esters is 1. The summed E-state index contributed by atoms with van der Waals surface area (Å²) < 4.78 is 42.7. The molecule has 0 saturated carbocycles. The molecule has 2 aromatic heterocycles. The Labute approximate surface area is 153 Å². The van der Waals surface area contributed by atoms with Gasteiger partial charge >= 0.3 is 23.7 Å². The Morgan fingerprint density at radius 1 is 1.33 bits per heavy atom. The fraction of sp³-hybridized carbons (Fsp3) is 0.429. The van der Waals surface area contributed by atoms with Crippen molar-refractivity contribution in [2.75, 3.05) is 13.7 Å². The summed E-state index contributed by atoms with van der Waals surface area (Å²) in [6, 6.07) is -1.51. The summed E-state index contributed by atoms with van der Waals surface area (Å²) >= 11 is 0. The van der Waals surface area contributed by atoms with Gasteiger partial charge in [-0.05, 0) is 20.8 Å². The van der Waals surface area contributed by atoms with Crippen LogP contribution in [0.5, 0.6) is 6.01 Å². The van der Waals surface area contributed by atoms with Gasteiger partial charge in [-0.2, -0.15) is 0 Å². The largest absolute Gasteiger partial charge is 0.467 e. The molecule has 1 amide bonds. The highest BCUT2D eigenvalue weighted by Gasteiger charge is 2.32. The number of furan rings is 1. The van der Waals surface area contributed by atoms with E-state index in [0.717, 1.165) is 10.8 Å². The lowest BCUT2D eigenvalue weighted by atomic mass is 10.3. The van der Waals surface area contributed by atoms with Crippen molar-refractivity contribution in [3.05, 3.63) is 28.1 Å². The summed E-state index contributed by atoms with van der Waals surface area (Å²) in [6.45, 7) is 4.66. The maximum Gasteiger partial charge on any atom is 0.375 e. The van der Waals surface area contributed by atoms with Gasteiger partial charge in [-0.1, -0.05) is 0 Å². The van der Waals surface area contributed by atoms with Crippen molar-refractivity contribution >= 4 is 22.0 Å². The second-order valence-corrected chi connectivity index (χ2v) is 6.75. The molecule has 0 aliphatic rings. The van der Waals surface area contributed by atoms with Gasteiger partial charge < -0.3 is 13.9 Å². The Balaban J connectivity index is 2.42. The monoisotopic (exact) mass is 402 g/mol. The number of nitrogens with zero attached hydrogens (tertiary/aromatic N) is 3. The molecular weight excluding hydrogens is 384 g/mol. The molecule has 0 aliphatic heterocycles. The Morgan fingerprint density at radius 3 is 2.52 bits per heavy atom. The maximum absolute atomic E-state index is 12.6. The Kier molecular flexibility index (Phi) is 5.73. The van der Waals surface area contributed by atoms with Gasteiger partial charge in [0.25, 0.3) is 10.0 Å². The Morgan fingerprint density at radius 2 is 2.00 bits per heavy atom. The van der Waals surface area contributed by atoms with Crippen LogP contribution < -0.4 is 15.1 Å². The fourth-order valence-electron chi connectivity index (χ4n) is 2.25. The van der Waals surface area contributed by atoms with Crippen LogP contribution in [0.1, 0.15) is 30.0 Å². The summed E-state index contributed by atoms with van der Waals surface area (Å²) in [5.41, 5.74) is -0.820. The van der Waals surface area contributed by atoms with Gasteiger partial charge in [0.05, 0.1) is 20.0 Å². The average molecular weight is 402 g/mol. The second-order valence-electron chi connectivity index (χ2n) is 5.13. The minimum atomic E-state index is -4.57. The lowest BCUT2D eigenvalue weighted by molar-refractivity contribution is 0.0484. The maximum atomic E-state index is 12.6. The zero-order chi connectivity index (χ0) is 20.4. The van der Waals surface area contributed by atoms with E-state index >= 15 is 0 Å². The molecule has 2 rings (SSSR count). The number of amides is 1. The number of nitrogens with one attached hydrogen (secondary N) is 1. The standard InChI is InChI=1S/C14H18N4O8S/c1-5-17-13(24-4)15-18(14(17)21)12(20)16-27(22,23)10-8(3)7-26-9(10)11(19)25-6-2/h7H,5-6H2,1-4H3,(H,16,20). The van der Waals surface area contributed by atoms with E-state index in [-0.39, 0.29) is 24.7 Å². The number of carbonyl (C=O) groups is 2. The number of hydrogen-bond donors (Lipinski definition) is 1.